The number of amides is 1. The highest BCUT2D eigenvalue weighted by Gasteiger charge is 2.35. The van der Waals surface area contributed by atoms with Crippen molar-refractivity contribution in [3.05, 3.63) is 17.0 Å². The second-order valence-corrected chi connectivity index (χ2v) is 6.20. The Morgan fingerprint density at radius 2 is 2.05 bits per heavy atom. The van der Waals surface area contributed by atoms with Crippen LogP contribution in [-0.2, 0) is 11.2 Å². The standard InChI is InChI=1S/C15H25N3O2/c1-11-13(12(2)17-16-11)8-14(20)18(3)9-15(10-19)6-4-5-7-15/h19H,4-10H2,1-3H3,(H,16,17). The SMILES string of the molecule is Cc1n[nH]c(C)c1CC(=O)N(C)CC1(CO)CCCC1. The fourth-order valence-electron chi connectivity index (χ4n) is 3.20. The number of aromatic nitrogens is 2. The first kappa shape index (κ1) is 15.0. The fraction of sp³-hybridized carbons (Fsp3) is 0.733. The highest BCUT2D eigenvalue weighted by atomic mass is 16.3. The molecular weight excluding hydrogens is 254 g/mol. The number of aromatic amines is 1. The van der Waals surface area contributed by atoms with Crippen LogP contribution in [0.3, 0.4) is 0 Å². The van der Waals surface area contributed by atoms with Crippen LogP contribution in [0.15, 0.2) is 0 Å². The van der Waals surface area contributed by atoms with Crippen molar-refractivity contribution in [1.29, 1.82) is 0 Å². The molecule has 5 heteroatoms. The van der Waals surface area contributed by atoms with Gasteiger partial charge in [0.15, 0.2) is 0 Å². The van der Waals surface area contributed by atoms with E-state index in [4.69, 9.17) is 0 Å². The predicted molar refractivity (Wildman–Crippen MR) is 77.4 cm³/mol. The molecule has 0 saturated heterocycles. The van der Waals surface area contributed by atoms with Crippen molar-refractivity contribution >= 4 is 5.91 Å². The summed E-state index contributed by atoms with van der Waals surface area (Å²) in [4.78, 5) is 14.1. The van der Waals surface area contributed by atoms with Gasteiger partial charge in [0.25, 0.3) is 0 Å². The van der Waals surface area contributed by atoms with Gasteiger partial charge in [-0.05, 0) is 26.7 Å². The van der Waals surface area contributed by atoms with Crippen LogP contribution in [0.4, 0.5) is 0 Å². The molecule has 112 valence electrons. The predicted octanol–water partition coefficient (Wildman–Crippen LogP) is 1.58. The van der Waals surface area contributed by atoms with Crippen molar-refractivity contribution in [2.24, 2.45) is 5.41 Å². The van der Waals surface area contributed by atoms with Crippen molar-refractivity contribution in [3.63, 3.8) is 0 Å². The Balaban J connectivity index is 1.99. The molecule has 0 bridgehead atoms. The Bertz CT molecular complexity index is 456. The number of likely N-dealkylation sites (N-methyl/N-ethyl adjacent to an activating group) is 1. The molecule has 20 heavy (non-hydrogen) atoms. The maximum atomic E-state index is 12.4. The number of aliphatic hydroxyl groups is 1. The second kappa shape index (κ2) is 5.95. The summed E-state index contributed by atoms with van der Waals surface area (Å²) in [6.45, 7) is 4.68. The van der Waals surface area contributed by atoms with Crippen molar-refractivity contribution < 1.29 is 9.90 Å². The molecule has 1 heterocycles. The van der Waals surface area contributed by atoms with Crippen LogP contribution in [-0.4, -0.2) is 46.3 Å². The quantitative estimate of drug-likeness (QED) is 0.860. The lowest BCUT2D eigenvalue weighted by molar-refractivity contribution is -0.131. The van der Waals surface area contributed by atoms with Crippen LogP contribution < -0.4 is 0 Å². The highest BCUT2D eigenvalue weighted by Crippen LogP contribution is 2.38. The van der Waals surface area contributed by atoms with Crippen molar-refractivity contribution in [3.8, 4) is 0 Å². The van der Waals surface area contributed by atoms with Crippen LogP contribution in [0.25, 0.3) is 0 Å². The van der Waals surface area contributed by atoms with E-state index < -0.39 is 0 Å². The summed E-state index contributed by atoms with van der Waals surface area (Å²) >= 11 is 0. The van der Waals surface area contributed by atoms with E-state index >= 15 is 0 Å². The summed E-state index contributed by atoms with van der Waals surface area (Å²) in [5.41, 5.74) is 2.76. The molecule has 2 N–H and O–H groups in total. The molecule has 0 spiro atoms. The van der Waals surface area contributed by atoms with Gasteiger partial charge in [-0.3, -0.25) is 9.89 Å². The molecule has 1 aliphatic rings. The van der Waals surface area contributed by atoms with Crippen LogP contribution >= 0.6 is 0 Å². The third kappa shape index (κ3) is 3.03. The number of carbonyl (C=O) groups excluding carboxylic acids is 1. The van der Waals surface area contributed by atoms with Crippen LogP contribution in [0.1, 0.15) is 42.6 Å². The topological polar surface area (TPSA) is 69.2 Å². The third-order valence-corrected chi connectivity index (χ3v) is 4.61. The number of aliphatic hydroxyl groups excluding tert-OH is 1. The van der Waals surface area contributed by atoms with E-state index in [0.29, 0.717) is 13.0 Å². The molecule has 5 nitrogen and oxygen atoms in total. The molecule has 1 aromatic rings. The van der Waals surface area contributed by atoms with Gasteiger partial charge in [-0.15, -0.1) is 0 Å². The Kier molecular flexibility index (Phi) is 4.48. The average Bonchev–Trinajstić information content (AvgIpc) is 3.01. The largest absolute Gasteiger partial charge is 0.396 e. The minimum absolute atomic E-state index is 0.0785. The van der Waals surface area contributed by atoms with E-state index in [1.165, 1.54) is 0 Å². The Morgan fingerprint density at radius 1 is 1.40 bits per heavy atom. The van der Waals surface area contributed by atoms with Gasteiger partial charge in [0, 0.05) is 30.3 Å². The van der Waals surface area contributed by atoms with Crippen molar-refractivity contribution in [2.75, 3.05) is 20.2 Å². The number of hydrogen-bond donors (Lipinski definition) is 2. The van der Waals surface area contributed by atoms with Gasteiger partial charge in [-0.25, -0.2) is 0 Å². The Hall–Kier alpha value is -1.36. The smallest absolute Gasteiger partial charge is 0.226 e. The van der Waals surface area contributed by atoms with Gasteiger partial charge in [-0.1, -0.05) is 12.8 Å². The van der Waals surface area contributed by atoms with Gasteiger partial charge in [0.05, 0.1) is 18.7 Å². The summed E-state index contributed by atoms with van der Waals surface area (Å²) < 4.78 is 0. The first-order chi connectivity index (χ1) is 9.47. The first-order valence-electron chi connectivity index (χ1n) is 7.33. The number of H-pyrrole nitrogens is 1. The molecule has 0 atom stereocenters. The molecule has 1 amide bonds. The van der Waals surface area contributed by atoms with Gasteiger partial charge in [0.1, 0.15) is 0 Å². The van der Waals surface area contributed by atoms with E-state index in [1.807, 2.05) is 20.9 Å². The first-order valence-corrected chi connectivity index (χ1v) is 7.33. The number of aryl methyl sites for hydroxylation is 2. The van der Waals surface area contributed by atoms with Gasteiger partial charge < -0.3 is 10.0 Å². The molecule has 0 radical (unpaired) electrons. The Morgan fingerprint density at radius 3 is 2.55 bits per heavy atom. The number of nitrogens with zero attached hydrogens (tertiary/aromatic N) is 2. The maximum Gasteiger partial charge on any atom is 0.226 e. The normalized spacial score (nSPS) is 17.4. The maximum absolute atomic E-state index is 12.4. The number of carbonyl (C=O) groups is 1. The van der Waals surface area contributed by atoms with E-state index in [0.717, 1.165) is 42.6 Å². The fourth-order valence-corrected chi connectivity index (χ4v) is 3.20. The minimum atomic E-state index is -0.0785. The molecule has 0 aromatic carbocycles. The lowest BCUT2D eigenvalue weighted by atomic mass is 9.86. The summed E-state index contributed by atoms with van der Waals surface area (Å²) in [5, 5.41) is 16.7. The van der Waals surface area contributed by atoms with E-state index in [-0.39, 0.29) is 17.9 Å². The zero-order valence-electron chi connectivity index (χ0n) is 12.7. The van der Waals surface area contributed by atoms with E-state index in [9.17, 15) is 9.90 Å². The minimum Gasteiger partial charge on any atom is -0.396 e. The molecule has 1 aliphatic carbocycles. The molecule has 0 aliphatic heterocycles. The Labute approximate surface area is 120 Å². The summed E-state index contributed by atoms with van der Waals surface area (Å²) in [7, 11) is 1.84. The number of hydrogen-bond acceptors (Lipinski definition) is 3. The van der Waals surface area contributed by atoms with Crippen LogP contribution in [0.5, 0.6) is 0 Å². The lowest BCUT2D eigenvalue weighted by Gasteiger charge is -2.31. The molecule has 1 saturated carbocycles. The highest BCUT2D eigenvalue weighted by molar-refractivity contribution is 5.79. The van der Waals surface area contributed by atoms with Gasteiger partial charge in [0.2, 0.25) is 5.91 Å². The van der Waals surface area contributed by atoms with Crippen molar-refractivity contribution in [1.82, 2.24) is 15.1 Å². The molecule has 1 fully saturated rings. The third-order valence-electron chi connectivity index (χ3n) is 4.61. The van der Waals surface area contributed by atoms with E-state index in [2.05, 4.69) is 10.2 Å². The summed E-state index contributed by atoms with van der Waals surface area (Å²) in [5.74, 6) is 0.0947. The zero-order valence-corrected chi connectivity index (χ0v) is 12.7. The molecule has 0 unspecified atom stereocenters. The van der Waals surface area contributed by atoms with Gasteiger partial charge in [-0.2, -0.15) is 5.10 Å². The van der Waals surface area contributed by atoms with E-state index in [1.54, 1.807) is 4.90 Å². The van der Waals surface area contributed by atoms with Crippen molar-refractivity contribution in [2.45, 2.75) is 46.0 Å². The molecule has 2 rings (SSSR count). The molecule has 1 aromatic heterocycles. The lowest BCUT2D eigenvalue weighted by Crippen LogP contribution is -2.40. The number of rotatable bonds is 5. The zero-order chi connectivity index (χ0) is 14.8. The average molecular weight is 279 g/mol. The second-order valence-electron chi connectivity index (χ2n) is 6.20. The summed E-state index contributed by atoms with van der Waals surface area (Å²) in [6.07, 6.45) is 4.73. The van der Waals surface area contributed by atoms with Crippen LogP contribution in [0, 0.1) is 19.3 Å². The van der Waals surface area contributed by atoms with Crippen LogP contribution in [0.2, 0.25) is 0 Å². The van der Waals surface area contributed by atoms with Gasteiger partial charge >= 0.3 is 0 Å². The summed E-state index contributed by atoms with van der Waals surface area (Å²) in [6, 6.07) is 0. The molecular formula is C15H25N3O2. The number of nitrogens with one attached hydrogen (secondary N) is 1. The monoisotopic (exact) mass is 279 g/mol.